The number of aryl methyl sites for hydroxylation is 2. The second-order valence-electron chi connectivity index (χ2n) is 6.60. The Morgan fingerprint density at radius 2 is 1.67 bits per heavy atom. The van der Waals surface area contributed by atoms with Gasteiger partial charge in [-0.15, -0.1) is 5.10 Å². The zero-order chi connectivity index (χ0) is 19.3. The van der Waals surface area contributed by atoms with Crippen LogP contribution in [0.1, 0.15) is 36.5 Å². The Bertz CT molecular complexity index is 978. The fourth-order valence-electron chi connectivity index (χ4n) is 2.69. The number of hydrogen-bond donors (Lipinski definition) is 1. The predicted molar refractivity (Wildman–Crippen MR) is 106 cm³/mol. The molecule has 0 radical (unpaired) electrons. The number of benzene rings is 2. The number of nitrogens with one attached hydrogen (secondary N) is 1. The molecule has 1 heterocycles. The summed E-state index contributed by atoms with van der Waals surface area (Å²) in [7, 11) is -3.70. The third kappa shape index (κ3) is 5.17. The molecule has 0 unspecified atom stereocenters. The maximum absolute atomic E-state index is 12.5. The third-order valence-electron chi connectivity index (χ3n) is 4.28. The Hall–Kier alpha value is -2.67. The second-order valence-corrected chi connectivity index (χ2v) is 8.29. The Labute approximate surface area is 160 Å². The molecule has 2 aromatic carbocycles. The molecule has 7 heteroatoms. The standard InChI is InChI=1S/C20H24N4O2S/c1-3-4-5-17-10-12-19(13-11-17)27(25,26)23-20-21-15-24(22-20)14-18-8-6-16(2)7-9-18/h6-13,15H,3-5,14H2,1-2H3,(H,22,23). The largest absolute Gasteiger partial charge is 0.264 e. The lowest BCUT2D eigenvalue weighted by atomic mass is 10.1. The zero-order valence-electron chi connectivity index (χ0n) is 15.6. The molecule has 1 aromatic heterocycles. The van der Waals surface area contributed by atoms with Crippen LogP contribution < -0.4 is 4.72 Å². The van der Waals surface area contributed by atoms with Gasteiger partial charge in [0.15, 0.2) is 0 Å². The Morgan fingerprint density at radius 1 is 1.00 bits per heavy atom. The molecule has 142 valence electrons. The summed E-state index contributed by atoms with van der Waals surface area (Å²) >= 11 is 0. The minimum absolute atomic E-state index is 0.0668. The molecular formula is C20H24N4O2S. The second kappa shape index (κ2) is 8.35. The summed E-state index contributed by atoms with van der Waals surface area (Å²) in [4.78, 5) is 4.27. The number of rotatable bonds is 8. The van der Waals surface area contributed by atoms with Gasteiger partial charge in [-0.3, -0.25) is 0 Å². The monoisotopic (exact) mass is 384 g/mol. The van der Waals surface area contributed by atoms with Gasteiger partial charge >= 0.3 is 0 Å². The van der Waals surface area contributed by atoms with Gasteiger partial charge in [-0.2, -0.15) is 4.98 Å². The number of aromatic nitrogens is 3. The fraction of sp³-hybridized carbons (Fsp3) is 0.300. The lowest BCUT2D eigenvalue weighted by Crippen LogP contribution is -2.14. The molecule has 1 N–H and O–H groups in total. The molecule has 0 saturated heterocycles. The highest BCUT2D eigenvalue weighted by Crippen LogP contribution is 2.15. The molecule has 3 aromatic rings. The van der Waals surface area contributed by atoms with Crippen molar-refractivity contribution in [2.45, 2.75) is 44.6 Å². The molecule has 0 aliphatic carbocycles. The SMILES string of the molecule is CCCCc1ccc(S(=O)(=O)Nc2ncn(Cc3ccc(C)cc3)n2)cc1. The van der Waals surface area contributed by atoms with E-state index >= 15 is 0 Å². The molecule has 0 aliphatic heterocycles. The maximum Gasteiger partial charge on any atom is 0.264 e. The number of anilines is 1. The minimum Gasteiger partial charge on any atom is -0.246 e. The van der Waals surface area contributed by atoms with E-state index < -0.39 is 10.0 Å². The van der Waals surface area contributed by atoms with E-state index in [1.54, 1.807) is 16.8 Å². The van der Waals surface area contributed by atoms with Crippen molar-refractivity contribution in [2.75, 3.05) is 4.72 Å². The number of hydrogen-bond acceptors (Lipinski definition) is 4. The number of unbranched alkanes of at least 4 members (excludes halogenated alkanes) is 1. The smallest absolute Gasteiger partial charge is 0.246 e. The van der Waals surface area contributed by atoms with Gasteiger partial charge in [0.1, 0.15) is 6.33 Å². The van der Waals surface area contributed by atoms with E-state index in [4.69, 9.17) is 0 Å². The number of sulfonamides is 1. The molecule has 0 fully saturated rings. The highest BCUT2D eigenvalue weighted by molar-refractivity contribution is 7.92. The van der Waals surface area contributed by atoms with Crippen LogP contribution in [0.15, 0.2) is 59.8 Å². The minimum atomic E-state index is -3.70. The molecule has 6 nitrogen and oxygen atoms in total. The van der Waals surface area contributed by atoms with Crippen LogP contribution in [0.2, 0.25) is 0 Å². The van der Waals surface area contributed by atoms with Crippen molar-refractivity contribution in [3.05, 3.63) is 71.5 Å². The molecule has 0 aliphatic rings. The van der Waals surface area contributed by atoms with E-state index in [2.05, 4.69) is 21.7 Å². The van der Waals surface area contributed by atoms with Crippen LogP contribution in [0.4, 0.5) is 5.95 Å². The van der Waals surface area contributed by atoms with Crippen LogP contribution in [-0.2, 0) is 23.0 Å². The van der Waals surface area contributed by atoms with Gasteiger partial charge in [0, 0.05) is 0 Å². The molecule has 0 amide bonds. The molecule has 0 bridgehead atoms. The summed E-state index contributed by atoms with van der Waals surface area (Å²) in [5.41, 5.74) is 3.39. The van der Waals surface area contributed by atoms with Crippen LogP contribution in [-0.4, -0.2) is 23.2 Å². The van der Waals surface area contributed by atoms with Gasteiger partial charge in [0.2, 0.25) is 0 Å². The first kappa shape index (κ1) is 19.1. The molecular weight excluding hydrogens is 360 g/mol. The normalized spacial score (nSPS) is 11.5. The van der Waals surface area contributed by atoms with Crippen molar-refractivity contribution in [3.63, 3.8) is 0 Å². The molecule has 3 rings (SSSR count). The molecule has 0 atom stereocenters. The van der Waals surface area contributed by atoms with Crippen LogP contribution >= 0.6 is 0 Å². The van der Waals surface area contributed by atoms with E-state index in [1.807, 2.05) is 43.3 Å². The summed E-state index contributed by atoms with van der Waals surface area (Å²) in [6.07, 6.45) is 4.67. The lowest BCUT2D eigenvalue weighted by Gasteiger charge is -2.06. The van der Waals surface area contributed by atoms with E-state index in [9.17, 15) is 8.42 Å². The summed E-state index contributed by atoms with van der Waals surface area (Å²) in [6, 6.07) is 15.0. The van der Waals surface area contributed by atoms with Crippen molar-refractivity contribution >= 4 is 16.0 Å². The fourth-order valence-corrected chi connectivity index (χ4v) is 3.64. The van der Waals surface area contributed by atoms with Crippen molar-refractivity contribution in [3.8, 4) is 0 Å². The van der Waals surface area contributed by atoms with Gasteiger partial charge in [-0.05, 0) is 43.0 Å². The zero-order valence-corrected chi connectivity index (χ0v) is 16.4. The Kier molecular flexibility index (Phi) is 5.91. The van der Waals surface area contributed by atoms with E-state index in [-0.39, 0.29) is 10.8 Å². The topological polar surface area (TPSA) is 76.9 Å². The number of nitrogens with zero attached hydrogens (tertiary/aromatic N) is 3. The van der Waals surface area contributed by atoms with Gasteiger partial charge in [-0.25, -0.2) is 17.8 Å². The average molecular weight is 385 g/mol. The average Bonchev–Trinajstić information content (AvgIpc) is 3.08. The first-order valence-electron chi connectivity index (χ1n) is 9.03. The van der Waals surface area contributed by atoms with Crippen molar-refractivity contribution in [1.82, 2.24) is 14.8 Å². The van der Waals surface area contributed by atoms with Gasteiger partial charge < -0.3 is 0 Å². The van der Waals surface area contributed by atoms with Gasteiger partial charge in [0.25, 0.3) is 16.0 Å². The lowest BCUT2D eigenvalue weighted by molar-refractivity contribution is 0.600. The summed E-state index contributed by atoms with van der Waals surface area (Å²) in [6.45, 7) is 4.69. The Morgan fingerprint density at radius 3 is 2.33 bits per heavy atom. The first-order valence-corrected chi connectivity index (χ1v) is 10.5. The summed E-state index contributed by atoms with van der Waals surface area (Å²) in [5, 5.41) is 4.21. The summed E-state index contributed by atoms with van der Waals surface area (Å²) in [5.74, 6) is 0.0668. The van der Waals surface area contributed by atoms with E-state index in [0.29, 0.717) is 6.54 Å². The molecule has 27 heavy (non-hydrogen) atoms. The van der Waals surface area contributed by atoms with Crippen LogP contribution in [0.3, 0.4) is 0 Å². The quantitative estimate of drug-likeness (QED) is 0.641. The van der Waals surface area contributed by atoms with Crippen molar-refractivity contribution in [1.29, 1.82) is 0 Å². The maximum atomic E-state index is 12.5. The van der Waals surface area contributed by atoms with Crippen LogP contribution in [0, 0.1) is 6.92 Å². The van der Waals surface area contributed by atoms with Crippen LogP contribution in [0.25, 0.3) is 0 Å². The van der Waals surface area contributed by atoms with Gasteiger partial charge in [0.05, 0.1) is 11.4 Å². The Balaban J connectivity index is 1.67. The van der Waals surface area contributed by atoms with Gasteiger partial charge in [-0.1, -0.05) is 55.3 Å². The highest BCUT2D eigenvalue weighted by Gasteiger charge is 2.16. The van der Waals surface area contributed by atoms with E-state index in [0.717, 1.165) is 30.4 Å². The molecule has 0 saturated carbocycles. The highest BCUT2D eigenvalue weighted by atomic mass is 32.2. The van der Waals surface area contributed by atoms with Crippen LogP contribution in [0.5, 0.6) is 0 Å². The van der Waals surface area contributed by atoms with E-state index in [1.165, 1.54) is 11.9 Å². The molecule has 0 spiro atoms. The van der Waals surface area contributed by atoms with Crippen molar-refractivity contribution < 1.29 is 8.42 Å². The van der Waals surface area contributed by atoms with Crippen molar-refractivity contribution in [2.24, 2.45) is 0 Å². The third-order valence-corrected chi connectivity index (χ3v) is 5.62. The summed E-state index contributed by atoms with van der Waals surface area (Å²) < 4.78 is 29.1. The first-order chi connectivity index (χ1) is 13.0. The predicted octanol–water partition coefficient (Wildman–Crippen LogP) is 3.78.